The molecule has 2 rings (SSSR count). The average molecular weight is 270 g/mol. The van der Waals surface area contributed by atoms with Gasteiger partial charge in [0.2, 0.25) is 0 Å². The van der Waals surface area contributed by atoms with Crippen molar-refractivity contribution in [2.24, 2.45) is 5.41 Å². The van der Waals surface area contributed by atoms with E-state index in [1.54, 1.807) is 0 Å². The second-order valence-electron chi connectivity index (χ2n) is 6.57. The van der Waals surface area contributed by atoms with Crippen LogP contribution in [-0.2, 0) is 4.74 Å². The molecule has 1 aliphatic heterocycles. The number of carboxylic acid groups (broad SMARTS) is 1. The van der Waals surface area contributed by atoms with E-state index >= 15 is 0 Å². The predicted molar refractivity (Wildman–Crippen MR) is 69.0 cm³/mol. The summed E-state index contributed by atoms with van der Waals surface area (Å²) in [5, 5.41) is 11.9. The van der Waals surface area contributed by atoms with E-state index < -0.39 is 17.8 Å². The van der Waals surface area contributed by atoms with Gasteiger partial charge in [-0.25, -0.2) is 9.59 Å². The normalized spacial score (nSPS) is 30.1. The van der Waals surface area contributed by atoms with Gasteiger partial charge in [0.1, 0.15) is 5.60 Å². The smallest absolute Gasteiger partial charge is 0.407 e. The molecule has 2 atom stereocenters. The van der Waals surface area contributed by atoms with Gasteiger partial charge in [-0.3, -0.25) is 0 Å². The maximum atomic E-state index is 11.7. The zero-order chi connectivity index (χ0) is 14.3. The van der Waals surface area contributed by atoms with E-state index in [4.69, 9.17) is 9.84 Å². The highest BCUT2D eigenvalue weighted by Crippen LogP contribution is 2.52. The molecule has 0 aromatic rings. The lowest BCUT2D eigenvalue weighted by Crippen LogP contribution is -2.44. The summed E-state index contributed by atoms with van der Waals surface area (Å²) in [7, 11) is 0. The number of hydrogen-bond donors (Lipinski definition) is 2. The van der Waals surface area contributed by atoms with Crippen LogP contribution in [0.4, 0.5) is 9.59 Å². The van der Waals surface area contributed by atoms with Gasteiger partial charge in [0, 0.05) is 24.5 Å². The van der Waals surface area contributed by atoms with Crippen LogP contribution in [-0.4, -0.2) is 46.9 Å². The SMILES string of the molecule is CC(C)(C)OC(=O)NC1CC12CCCN(C(=O)O)C2. The number of alkyl carbamates (subject to hydrolysis) is 1. The number of carbonyl (C=O) groups is 2. The van der Waals surface area contributed by atoms with Crippen LogP contribution in [0.2, 0.25) is 0 Å². The van der Waals surface area contributed by atoms with E-state index in [2.05, 4.69) is 5.32 Å². The Kier molecular flexibility index (Phi) is 3.36. The lowest BCUT2D eigenvalue weighted by Gasteiger charge is -2.31. The Labute approximate surface area is 113 Å². The molecule has 6 nitrogen and oxygen atoms in total. The fourth-order valence-corrected chi connectivity index (χ4v) is 2.78. The van der Waals surface area contributed by atoms with Gasteiger partial charge >= 0.3 is 12.2 Å². The molecule has 0 aromatic heterocycles. The second kappa shape index (κ2) is 4.58. The van der Waals surface area contributed by atoms with Crippen molar-refractivity contribution in [2.45, 2.75) is 51.7 Å². The summed E-state index contributed by atoms with van der Waals surface area (Å²) in [5.74, 6) is 0. The van der Waals surface area contributed by atoms with E-state index in [1.165, 1.54) is 4.90 Å². The predicted octanol–water partition coefficient (Wildman–Crippen LogP) is 2.04. The summed E-state index contributed by atoms with van der Waals surface area (Å²) in [5.41, 5.74) is -0.570. The minimum atomic E-state index is -0.873. The van der Waals surface area contributed by atoms with Crippen LogP contribution in [0.3, 0.4) is 0 Å². The van der Waals surface area contributed by atoms with Crippen LogP contribution in [0.25, 0.3) is 0 Å². The van der Waals surface area contributed by atoms with Crippen LogP contribution in [0, 0.1) is 5.41 Å². The van der Waals surface area contributed by atoms with Crippen molar-refractivity contribution in [3.05, 3.63) is 0 Å². The fraction of sp³-hybridized carbons (Fsp3) is 0.846. The maximum Gasteiger partial charge on any atom is 0.407 e. The minimum Gasteiger partial charge on any atom is -0.465 e. The number of likely N-dealkylation sites (tertiary alicyclic amines) is 1. The molecule has 1 saturated carbocycles. The summed E-state index contributed by atoms with van der Waals surface area (Å²) in [6.45, 7) is 6.57. The molecule has 0 radical (unpaired) electrons. The Balaban J connectivity index is 1.86. The molecule has 1 aliphatic carbocycles. The number of piperidine rings is 1. The van der Waals surface area contributed by atoms with Crippen LogP contribution in [0.5, 0.6) is 0 Å². The van der Waals surface area contributed by atoms with Crippen LogP contribution < -0.4 is 5.32 Å². The lowest BCUT2D eigenvalue weighted by molar-refractivity contribution is 0.0507. The zero-order valence-electron chi connectivity index (χ0n) is 11.7. The lowest BCUT2D eigenvalue weighted by atomic mass is 9.94. The summed E-state index contributed by atoms with van der Waals surface area (Å²) < 4.78 is 5.22. The molecule has 1 spiro atoms. The van der Waals surface area contributed by atoms with Gasteiger partial charge in [-0.2, -0.15) is 0 Å². The van der Waals surface area contributed by atoms with Gasteiger partial charge < -0.3 is 20.1 Å². The molecule has 0 aromatic carbocycles. The molecule has 2 N–H and O–H groups in total. The fourth-order valence-electron chi connectivity index (χ4n) is 2.78. The van der Waals surface area contributed by atoms with Gasteiger partial charge in [0.25, 0.3) is 0 Å². The molecule has 1 heterocycles. The molecule has 2 amide bonds. The van der Waals surface area contributed by atoms with E-state index in [9.17, 15) is 9.59 Å². The Morgan fingerprint density at radius 3 is 2.68 bits per heavy atom. The summed E-state index contributed by atoms with van der Waals surface area (Å²) in [4.78, 5) is 24.1. The topological polar surface area (TPSA) is 78.9 Å². The molecule has 19 heavy (non-hydrogen) atoms. The van der Waals surface area contributed by atoms with Crippen molar-refractivity contribution < 1.29 is 19.4 Å². The molecule has 108 valence electrons. The first-order valence-corrected chi connectivity index (χ1v) is 6.69. The van der Waals surface area contributed by atoms with E-state index in [0.29, 0.717) is 13.1 Å². The summed E-state index contributed by atoms with van der Waals surface area (Å²) >= 11 is 0. The van der Waals surface area contributed by atoms with Gasteiger partial charge in [0.05, 0.1) is 0 Å². The number of carbonyl (C=O) groups excluding carboxylic acids is 1. The highest BCUT2D eigenvalue weighted by atomic mass is 16.6. The molecule has 0 bridgehead atoms. The van der Waals surface area contributed by atoms with Crippen molar-refractivity contribution in [3.8, 4) is 0 Å². The zero-order valence-corrected chi connectivity index (χ0v) is 11.7. The first-order valence-electron chi connectivity index (χ1n) is 6.69. The maximum absolute atomic E-state index is 11.7. The van der Waals surface area contributed by atoms with E-state index in [1.807, 2.05) is 20.8 Å². The third-order valence-corrected chi connectivity index (χ3v) is 3.76. The van der Waals surface area contributed by atoms with Crippen molar-refractivity contribution >= 4 is 12.2 Å². The quantitative estimate of drug-likeness (QED) is 0.764. The number of ether oxygens (including phenoxy) is 1. The Morgan fingerprint density at radius 1 is 1.42 bits per heavy atom. The molecule has 2 aliphatic rings. The number of nitrogens with one attached hydrogen (secondary N) is 1. The van der Waals surface area contributed by atoms with Crippen LogP contribution >= 0.6 is 0 Å². The standard InChI is InChI=1S/C13H22N2O4/c1-12(2,3)19-10(16)14-9-7-13(9)5-4-6-15(8-13)11(17)18/h9H,4-8H2,1-3H3,(H,14,16)(H,17,18). The summed E-state index contributed by atoms with van der Waals surface area (Å²) in [6.07, 6.45) is 1.38. The Bertz CT molecular complexity index is 391. The molecular weight excluding hydrogens is 248 g/mol. The number of amides is 2. The largest absolute Gasteiger partial charge is 0.465 e. The first-order chi connectivity index (χ1) is 8.72. The highest BCUT2D eigenvalue weighted by molar-refractivity contribution is 5.69. The van der Waals surface area contributed by atoms with Crippen molar-refractivity contribution in [1.82, 2.24) is 10.2 Å². The first kappa shape index (κ1) is 14.0. The Hall–Kier alpha value is -1.46. The van der Waals surface area contributed by atoms with Crippen molar-refractivity contribution in [1.29, 1.82) is 0 Å². The van der Waals surface area contributed by atoms with Crippen molar-refractivity contribution in [2.75, 3.05) is 13.1 Å². The van der Waals surface area contributed by atoms with Gasteiger partial charge in [0.15, 0.2) is 0 Å². The summed E-state index contributed by atoms with van der Waals surface area (Å²) in [6, 6.07) is 0.0458. The number of nitrogens with zero attached hydrogens (tertiary/aromatic N) is 1. The third-order valence-electron chi connectivity index (χ3n) is 3.76. The second-order valence-corrected chi connectivity index (χ2v) is 6.57. The van der Waals surface area contributed by atoms with E-state index in [-0.39, 0.29) is 11.5 Å². The molecular formula is C13H22N2O4. The monoisotopic (exact) mass is 270 g/mol. The molecule has 2 fully saturated rings. The molecule has 1 saturated heterocycles. The van der Waals surface area contributed by atoms with Crippen molar-refractivity contribution in [3.63, 3.8) is 0 Å². The van der Waals surface area contributed by atoms with Crippen LogP contribution in [0.15, 0.2) is 0 Å². The van der Waals surface area contributed by atoms with Gasteiger partial charge in [-0.15, -0.1) is 0 Å². The number of rotatable bonds is 1. The highest BCUT2D eigenvalue weighted by Gasteiger charge is 2.57. The molecule has 2 unspecified atom stereocenters. The average Bonchev–Trinajstić information content (AvgIpc) is 2.87. The van der Waals surface area contributed by atoms with Gasteiger partial charge in [-0.1, -0.05) is 0 Å². The molecule has 6 heteroatoms. The minimum absolute atomic E-state index is 0.0458. The number of hydrogen-bond acceptors (Lipinski definition) is 3. The Morgan fingerprint density at radius 2 is 2.11 bits per heavy atom. The van der Waals surface area contributed by atoms with Gasteiger partial charge in [-0.05, 0) is 40.0 Å². The third kappa shape index (κ3) is 3.30. The van der Waals surface area contributed by atoms with Crippen LogP contribution in [0.1, 0.15) is 40.0 Å². The van der Waals surface area contributed by atoms with E-state index in [0.717, 1.165) is 19.3 Å².